The smallest absolute Gasteiger partial charge is 0.184 e. The zero-order chi connectivity index (χ0) is 17.4. The molecule has 0 saturated carbocycles. The second-order valence-corrected chi connectivity index (χ2v) is 6.55. The predicted molar refractivity (Wildman–Crippen MR) is 99.9 cm³/mol. The summed E-state index contributed by atoms with van der Waals surface area (Å²) in [7, 11) is 0. The van der Waals surface area contributed by atoms with Crippen LogP contribution in [0.15, 0.2) is 36.5 Å². The second kappa shape index (κ2) is 6.41. The van der Waals surface area contributed by atoms with E-state index in [1.54, 1.807) is 6.20 Å². The van der Waals surface area contributed by atoms with Gasteiger partial charge in [0.15, 0.2) is 17.1 Å². The van der Waals surface area contributed by atoms with Crippen molar-refractivity contribution in [2.24, 2.45) is 0 Å². The van der Waals surface area contributed by atoms with Gasteiger partial charge in [0, 0.05) is 11.8 Å². The van der Waals surface area contributed by atoms with E-state index in [0.29, 0.717) is 16.5 Å². The number of rotatable bonds is 4. The molecule has 3 heterocycles. The van der Waals surface area contributed by atoms with Gasteiger partial charge in [-0.1, -0.05) is 31.0 Å². The largest absolute Gasteiger partial charge is 0.255 e. The fourth-order valence-electron chi connectivity index (χ4n) is 3.05. The molecule has 0 saturated heterocycles. The van der Waals surface area contributed by atoms with Crippen molar-refractivity contribution >= 4 is 28.4 Å². The summed E-state index contributed by atoms with van der Waals surface area (Å²) in [5.41, 5.74) is 5.19. The lowest BCUT2D eigenvalue weighted by molar-refractivity contribution is 0.795. The van der Waals surface area contributed by atoms with Crippen molar-refractivity contribution in [3.8, 4) is 11.4 Å². The van der Waals surface area contributed by atoms with E-state index >= 15 is 0 Å². The number of aryl methyl sites for hydroxylation is 2. The lowest BCUT2D eigenvalue weighted by atomic mass is 10.0. The summed E-state index contributed by atoms with van der Waals surface area (Å²) >= 11 is 6.50. The van der Waals surface area contributed by atoms with Gasteiger partial charge >= 0.3 is 0 Å². The number of nitrogens with zero attached hydrogens (tertiary/aromatic N) is 5. The van der Waals surface area contributed by atoms with Gasteiger partial charge in [0.05, 0.1) is 10.7 Å². The fraction of sp³-hybridized carbons (Fsp3) is 0.263. The third-order valence-electron chi connectivity index (χ3n) is 4.34. The molecule has 0 atom stereocenters. The summed E-state index contributed by atoms with van der Waals surface area (Å²) in [4.78, 5) is 9.06. The molecule has 0 radical (unpaired) electrons. The van der Waals surface area contributed by atoms with E-state index in [4.69, 9.17) is 11.6 Å². The topological polar surface area (TPSA) is 56.0 Å². The Balaban J connectivity index is 1.99. The number of halogens is 1. The van der Waals surface area contributed by atoms with E-state index in [1.807, 2.05) is 29.5 Å². The van der Waals surface area contributed by atoms with Crippen LogP contribution < -0.4 is 0 Å². The quantitative estimate of drug-likeness (QED) is 0.537. The van der Waals surface area contributed by atoms with Gasteiger partial charge < -0.3 is 0 Å². The molecule has 0 spiro atoms. The van der Waals surface area contributed by atoms with E-state index in [2.05, 4.69) is 39.2 Å². The lowest BCUT2D eigenvalue weighted by Gasteiger charge is -2.08. The Morgan fingerprint density at radius 1 is 1.12 bits per heavy atom. The van der Waals surface area contributed by atoms with Gasteiger partial charge in [-0.2, -0.15) is 0 Å². The highest BCUT2D eigenvalue weighted by Crippen LogP contribution is 2.30. The van der Waals surface area contributed by atoms with Crippen LogP contribution >= 0.6 is 11.6 Å². The summed E-state index contributed by atoms with van der Waals surface area (Å²) in [5.74, 6) is 0.701. The standard InChI is InChI=1S/C19H18ClN5/c1-3-4-6-13-8-9-15(20)14(11-13)18-24-23-17-12(2)22-16-7-5-10-21-19(16)25(17)18/h5,7-11H,3-4,6H2,1-2H3. The normalized spacial score (nSPS) is 11.5. The highest BCUT2D eigenvalue weighted by atomic mass is 35.5. The maximum Gasteiger partial charge on any atom is 0.184 e. The number of pyridine rings is 1. The van der Waals surface area contributed by atoms with E-state index in [9.17, 15) is 0 Å². The van der Waals surface area contributed by atoms with Crippen molar-refractivity contribution in [1.82, 2.24) is 24.6 Å². The van der Waals surface area contributed by atoms with Crippen molar-refractivity contribution in [2.75, 3.05) is 0 Å². The molecule has 6 heteroatoms. The summed E-state index contributed by atoms with van der Waals surface area (Å²) in [6.07, 6.45) is 5.08. The molecule has 1 aromatic carbocycles. The van der Waals surface area contributed by atoms with Crippen LogP contribution in [0.4, 0.5) is 0 Å². The van der Waals surface area contributed by atoms with Crippen LogP contribution in [0.2, 0.25) is 5.02 Å². The van der Waals surface area contributed by atoms with Gasteiger partial charge in [0.2, 0.25) is 0 Å². The van der Waals surface area contributed by atoms with Gasteiger partial charge in [-0.05, 0) is 49.6 Å². The van der Waals surface area contributed by atoms with Crippen LogP contribution in [-0.4, -0.2) is 24.6 Å². The number of hydrogen-bond acceptors (Lipinski definition) is 4. The molecule has 0 unspecified atom stereocenters. The average molecular weight is 352 g/mol. The third-order valence-corrected chi connectivity index (χ3v) is 4.67. The van der Waals surface area contributed by atoms with Crippen LogP contribution in [0.5, 0.6) is 0 Å². The number of benzene rings is 1. The maximum absolute atomic E-state index is 6.50. The van der Waals surface area contributed by atoms with Crippen LogP contribution in [0.3, 0.4) is 0 Å². The molecule has 5 nitrogen and oxygen atoms in total. The SMILES string of the molecule is CCCCc1ccc(Cl)c(-c2nnc3c(C)nc4cccnc4n23)c1. The molecule has 25 heavy (non-hydrogen) atoms. The molecule has 0 aliphatic rings. The first-order valence-corrected chi connectivity index (χ1v) is 8.82. The van der Waals surface area contributed by atoms with Crippen molar-refractivity contribution in [3.63, 3.8) is 0 Å². The average Bonchev–Trinajstić information content (AvgIpc) is 3.07. The minimum absolute atomic E-state index is 0.660. The first kappa shape index (κ1) is 16.0. The van der Waals surface area contributed by atoms with E-state index < -0.39 is 0 Å². The van der Waals surface area contributed by atoms with Gasteiger partial charge in [-0.15, -0.1) is 10.2 Å². The Morgan fingerprint density at radius 2 is 2.00 bits per heavy atom. The van der Waals surface area contributed by atoms with Gasteiger partial charge in [0.1, 0.15) is 5.52 Å². The van der Waals surface area contributed by atoms with Crippen molar-refractivity contribution in [1.29, 1.82) is 0 Å². The molecule has 0 fully saturated rings. The number of aromatic nitrogens is 5. The number of unbranched alkanes of at least 4 members (excludes halogenated alkanes) is 1. The molecule has 4 aromatic rings. The lowest BCUT2D eigenvalue weighted by Crippen LogP contribution is -1.99. The molecule has 0 aliphatic carbocycles. The van der Waals surface area contributed by atoms with Crippen LogP contribution in [0.25, 0.3) is 28.2 Å². The zero-order valence-corrected chi connectivity index (χ0v) is 15.0. The number of fused-ring (bicyclic) bond motifs is 3. The molecule has 0 bridgehead atoms. The Morgan fingerprint density at radius 3 is 2.84 bits per heavy atom. The first-order valence-electron chi connectivity index (χ1n) is 8.44. The Bertz CT molecular complexity index is 1070. The van der Waals surface area contributed by atoms with Gasteiger partial charge in [0.25, 0.3) is 0 Å². The number of hydrogen-bond donors (Lipinski definition) is 0. The van der Waals surface area contributed by atoms with Gasteiger partial charge in [-0.25, -0.2) is 9.97 Å². The molecule has 3 aromatic heterocycles. The molecule has 4 rings (SSSR count). The molecule has 126 valence electrons. The molecular weight excluding hydrogens is 334 g/mol. The van der Waals surface area contributed by atoms with E-state index in [-0.39, 0.29) is 0 Å². The summed E-state index contributed by atoms with van der Waals surface area (Å²) in [6.45, 7) is 4.12. The van der Waals surface area contributed by atoms with Crippen molar-refractivity contribution in [2.45, 2.75) is 33.1 Å². The van der Waals surface area contributed by atoms with Crippen molar-refractivity contribution in [3.05, 3.63) is 52.8 Å². The molecular formula is C19H18ClN5. The zero-order valence-electron chi connectivity index (χ0n) is 14.2. The summed E-state index contributed by atoms with van der Waals surface area (Å²) in [5, 5.41) is 9.40. The summed E-state index contributed by atoms with van der Waals surface area (Å²) in [6, 6.07) is 9.94. The van der Waals surface area contributed by atoms with Gasteiger partial charge in [-0.3, -0.25) is 4.40 Å². The summed E-state index contributed by atoms with van der Waals surface area (Å²) < 4.78 is 1.95. The highest BCUT2D eigenvalue weighted by Gasteiger charge is 2.17. The van der Waals surface area contributed by atoms with Crippen LogP contribution in [0.1, 0.15) is 31.0 Å². The molecule has 0 amide bonds. The minimum atomic E-state index is 0.660. The predicted octanol–water partition coefficient (Wildman–Crippen LogP) is 4.64. The molecule has 0 aliphatic heterocycles. The Hall–Kier alpha value is -2.53. The van der Waals surface area contributed by atoms with Crippen LogP contribution in [0, 0.1) is 6.92 Å². The monoisotopic (exact) mass is 351 g/mol. The Kier molecular flexibility index (Phi) is 4.09. The minimum Gasteiger partial charge on any atom is -0.255 e. The maximum atomic E-state index is 6.50. The molecule has 0 N–H and O–H groups in total. The Labute approximate surface area is 150 Å². The van der Waals surface area contributed by atoms with Crippen molar-refractivity contribution < 1.29 is 0 Å². The van der Waals surface area contributed by atoms with Crippen LogP contribution in [-0.2, 0) is 6.42 Å². The first-order chi connectivity index (χ1) is 12.2. The second-order valence-electron chi connectivity index (χ2n) is 6.14. The fourth-order valence-corrected chi connectivity index (χ4v) is 3.25. The van der Waals surface area contributed by atoms with E-state index in [0.717, 1.165) is 41.7 Å². The third kappa shape index (κ3) is 2.74. The highest BCUT2D eigenvalue weighted by molar-refractivity contribution is 6.33. The van der Waals surface area contributed by atoms with E-state index in [1.165, 1.54) is 5.56 Å².